The van der Waals surface area contributed by atoms with Crippen molar-refractivity contribution in [3.63, 3.8) is 0 Å². The monoisotopic (exact) mass is 411 g/mol. The number of nitrogens with two attached hydrogens (primary N) is 1. The van der Waals surface area contributed by atoms with E-state index >= 15 is 0 Å². The Kier molecular flexibility index (Phi) is 4.92. The van der Waals surface area contributed by atoms with E-state index in [-0.39, 0.29) is 11.6 Å². The van der Waals surface area contributed by atoms with Crippen LogP contribution < -0.4 is 10.5 Å². The lowest BCUT2D eigenvalue weighted by Gasteiger charge is -2.16. The Labute approximate surface area is 159 Å². The molecule has 3 aromatic rings. The van der Waals surface area contributed by atoms with Gasteiger partial charge in [0, 0.05) is 11.1 Å². The van der Waals surface area contributed by atoms with Gasteiger partial charge in [-0.15, -0.1) is 0 Å². The molecule has 2 N–H and O–H groups in total. The third-order valence-corrected chi connectivity index (χ3v) is 4.76. The van der Waals surface area contributed by atoms with Gasteiger partial charge in [0.15, 0.2) is 0 Å². The molecule has 0 amide bonds. The Bertz CT molecular complexity index is 1030. The molecule has 0 aliphatic rings. The number of hydrogen-bond donors (Lipinski definition) is 1. The van der Waals surface area contributed by atoms with Crippen LogP contribution in [0.1, 0.15) is 11.1 Å². The fourth-order valence-corrected chi connectivity index (χ4v) is 3.42. The van der Waals surface area contributed by atoms with Crippen LogP contribution in [0.15, 0.2) is 46.9 Å². The quantitative estimate of drug-likeness (QED) is 0.651. The number of methoxy groups -OCH3 is 1. The average molecular weight is 412 g/mol. The smallest absolute Gasteiger partial charge is 0.142 e. The van der Waals surface area contributed by atoms with Gasteiger partial charge in [-0.2, -0.15) is 5.26 Å². The van der Waals surface area contributed by atoms with Crippen LogP contribution in [0, 0.1) is 24.1 Å². The van der Waals surface area contributed by atoms with Crippen molar-refractivity contribution in [2.45, 2.75) is 6.92 Å². The van der Waals surface area contributed by atoms with E-state index in [1.165, 1.54) is 12.1 Å². The van der Waals surface area contributed by atoms with Crippen molar-refractivity contribution >= 4 is 21.7 Å². The van der Waals surface area contributed by atoms with Crippen molar-refractivity contribution in [3.8, 4) is 34.2 Å². The van der Waals surface area contributed by atoms with Crippen molar-refractivity contribution in [2.24, 2.45) is 0 Å². The maximum absolute atomic E-state index is 13.3. The summed E-state index contributed by atoms with van der Waals surface area (Å²) in [6, 6.07) is 13.7. The zero-order chi connectivity index (χ0) is 18.8. The highest BCUT2D eigenvalue weighted by molar-refractivity contribution is 9.10. The number of nitriles is 1. The van der Waals surface area contributed by atoms with E-state index in [4.69, 9.17) is 10.5 Å². The molecule has 0 unspecified atom stereocenters. The molecule has 3 rings (SSSR count). The van der Waals surface area contributed by atoms with Crippen molar-refractivity contribution < 1.29 is 9.13 Å². The topological polar surface area (TPSA) is 71.9 Å². The highest BCUT2D eigenvalue weighted by Gasteiger charge is 2.19. The van der Waals surface area contributed by atoms with Crippen LogP contribution in [0.4, 0.5) is 10.2 Å². The van der Waals surface area contributed by atoms with E-state index in [0.717, 1.165) is 21.2 Å². The maximum atomic E-state index is 13.3. The molecule has 0 aliphatic carbocycles. The van der Waals surface area contributed by atoms with Gasteiger partial charge in [-0.05, 0) is 70.4 Å². The fourth-order valence-electron chi connectivity index (χ4n) is 2.88. The summed E-state index contributed by atoms with van der Waals surface area (Å²) in [5.74, 6) is 0.498. The standard InChI is InChI=1S/C20H15BrFN3O/c1-11-18(13-5-8-17(26-2)16(21)9-13)15(10-23)20(24)25-19(11)12-3-6-14(22)7-4-12/h3-9H,1-2H3,(H2,24,25). The molecule has 0 bridgehead atoms. The van der Waals surface area contributed by atoms with Gasteiger partial charge in [-0.25, -0.2) is 9.37 Å². The third-order valence-electron chi connectivity index (χ3n) is 4.14. The second-order valence-corrected chi connectivity index (χ2v) is 6.54. The van der Waals surface area contributed by atoms with E-state index in [0.29, 0.717) is 22.6 Å². The van der Waals surface area contributed by atoms with Crippen LogP contribution in [0.3, 0.4) is 0 Å². The summed E-state index contributed by atoms with van der Waals surface area (Å²) < 4.78 is 19.3. The predicted octanol–water partition coefficient (Wildman–Crippen LogP) is 5.09. The zero-order valence-corrected chi connectivity index (χ0v) is 15.8. The van der Waals surface area contributed by atoms with Crippen LogP contribution in [-0.4, -0.2) is 12.1 Å². The first kappa shape index (κ1) is 17.9. The summed E-state index contributed by atoms with van der Waals surface area (Å²) in [4.78, 5) is 4.38. The zero-order valence-electron chi connectivity index (χ0n) is 14.2. The molecule has 1 aromatic heterocycles. The Morgan fingerprint density at radius 3 is 2.38 bits per heavy atom. The molecule has 4 nitrogen and oxygen atoms in total. The number of aromatic nitrogens is 1. The minimum absolute atomic E-state index is 0.138. The summed E-state index contributed by atoms with van der Waals surface area (Å²) in [5, 5.41) is 9.60. The van der Waals surface area contributed by atoms with E-state index in [9.17, 15) is 9.65 Å². The summed E-state index contributed by atoms with van der Waals surface area (Å²) in [6.07, 6.45) is 0. The highest BCUT2D eigenvalue weighted by atomic mass is 79.9. The first-order chi connectivity index (χ1) is 12.5. The van der Waals surface area contributed by atoms with Gasteiger partial charge in [-0.3, -0.25) is 0 Å². The predicted molar refractivity (Wildman–Crippen MR) is 103 cm³/mol. The molecule has 0 radical (unpaired) electrons. The molecule has 0 spiro atoms. The molecule has 0 atom stereocenters. The number of hydrogen-bond acceptors (Lipinski definition) is 4. The number of nitrogens with zero attached hydrogens (tertiary/aromatic N) is 2. The average Bonchev–Trinajstić information content (AvgIpc) is 2.63. The molecule has 1 heterocycles. The van der Waals surface area contributed by atoms with Crippen molar-refractivity contribution in [2.75, 3.05) is 12.8 Å². The molecule has 0 saturated heterocycles. The van der Waals surface area contributed by atoms with Crippen LogP contribution >= 0.6 is 15.9 Å². The van der Waals surface area contributed by atoms with Gasteiger partial charge < -0.3 is 10.5 Å². The first-order valence-electron chi connectivity index (χ1n) is 7.76. The van der Waals surface area contributed by atoms with Crippen LogP contribution in [0.5, 0.6) is 5.75 Å². The van der Waals surface area contributed by atoms with Crippen molar-refractivity contribution in [1.29, 1.82) is 5.26 Å². The highest BCUT2D eigenvalue weighted by Crippen LogP contribution is 2.38. The van der Waals surface area contributed by atoms with Gasteiger partial charge in [0.05, 0.1) is 17.3 Å². The molecule has 0 saturated carbocycles. The normalized spacial score (nSPS) is 10.4. The van der Waals surface area contributed by atoms with E-state index in [1.807, 2.05) is 25.1 Å². The van der Waals surface area contributed by atoms with Gasteiger partial charge in [0.1, 0.15) is 29.0 Å². The summed E-state index contributed by atoms with van der Waals surface area (Å²) in [7, 11) is 1.59. The maximum Gasteiger partial charge on any atom is 0.142 e. The summed E-state index contributed by atoms with van der Waals surface area (Å²) >= 11 is 3.47. The van der Waals surface area contributed by atoms with Gasteiger partial charge in [-0.1, -0.05) is 6.07 Å². The molecule has 130 valence electrons. The van der Waals surface area contributed by atoms with Crippen molar-refractivity contribution in [3.05, 3.63) is 63.9 Å². The Morgan fingerprint density at radius 2 is 1.81 bits per heavy atom. The van der Waals surface area contributed by atoms with E-state index in [1.54, 1.807) is 19.2 Å². The number of ether oxygens (including phenoxy) is 1. The van der Waals surface area contributed by atoms with Gasteiger partial charge >= 0.3 is 0 Å². The SMILES string of the molecule is COc1ccc(-c2c(C)c(-c3ccc(F)cc3)nc(N)c2C#N)cc1Br. The Balaban J connectivity index is 2.29. The Morgan fingerprint density at radius 1 is 1.15 bits per heavy atom. The number of pyridine rings is 1. The van der Waals surface area contributed by atoms with Crippen LogP contribution in [0.25, 0.3) is 22.4 Å². The van der Waals surface area contributed by atoms with Gasteiger partial charge in [0.25, 0.3) is 0 Å². The lowest BCUT2D eigenvalue weighted by molar-refractivity contribution is 0.412. The second kappa shape index (κ2) is 7.14. The molecule has 0 aliphatic heterocycles. The minimum Gasteiger partial charge on any atom is -0.496 e. The third kappa shape index (κ3) is 3.14. The summed E-state index contributed by atoms with van der Waals surface area (Å²) in [5.41, 5.74) is 10.0. The fraction of sp³-hybridized carbons (Fsp3) is 0.100. The van der Waals surface area contributed by atoms with Gasteiger partial charge in [0.2, 0.25) is 0 Å². The van der Waals surface area contributed by atoms with Crippen LogP contribution in [0.2, 0.25) is 0 Å². The number of benzene rings is 2. The lowest BCUT2D eigenvalue weighted by atomic mass is 9.93. The number of rotatable bonds is 3. The van der Waals surface area contributed by atoms with E-state index < -0.39 is 0 Å². The van der Waals surface area contributed by atoms with E-state index in [2.05, 4.69) is 27.0 Å². The number of anilines is 1. The number of halogens is 2. The van der Waals surface area contributed by atoms with Crippen molar-refractivity contribution in [1.82, 2.24) is 4.98 Å². The molecular formula is C20H15BrFN3O. The Hall–Kier alpha value is -2.91. The lowest BCUT2D eigenvalue weighted by Crippen LogP contribution is -2.03. The minimum atomic E-state index is -0.327. The molecule has 26 heavy (non-hydrogen) atoms. The van der Waals surface area contributed by atoms with Crippen LogP contribution in [-0.2, 0) is 0 Å². The second-order valence-electron chi connectivity index (χ2n) is 5.69. The first-order valence-corrected chi connectivity index (χ1v) is 8.55. The largest absolute Gasteiger partial charge is 0.496 e. The molecule has 6 heteroatoms. The molecule has 0 fully saturated rings. The number of nitrogen functional groups attached to an aromatic ring is 1. The summed E-state index contributed by atoms with van der Waals surface area (Å²) in [6.45, 7) is 1.87. The molecular weight excluding hydrogens is 397 g/mol. The molecule has 2 aromatic carbocycles.